The van der Waals surface area contributed by atoms with Crippen LogP contribution in [0.1, 0.15) is 42.0 Å². The summed E-state index contributed by atoms with van der Waals surface area (Å²) in [7, 11) is 0. The lowest BCUT2D eigenvalue weighted by molar-refractivity contribution is -0.135. The quantitative estimate of drug-likeness (QED) is 0.329. The Labute approximate surface area is 214 Å². The van der Waals surface area contributed by atoms with Crippen molar-refractivity contribution in [3.8, 4) is 11.1 Å². The number of pyridine rings is 1. The van der Waals surface area contributed by atoms with Gasteiger partial charge >= 0.3 is 0 Å². The van der Waals surface area contributed by atoms with Crippen LogP contribution in [0, 0.1) is 5.92 Å². The highest BCUT2D eigenvalue weighted by Crippen LogP contribution is 2.50. The fourth-order valence-electron chi connectivity index (χ4n) is 4.92. The Morgan fingerprint density at radius 1 is 1.17 bits per heavy atom. The molecule has 36 heavy (non-hydrogen) atoms. The van der Waals surface area contributed by atoms with Crippen molar-refractivity contribution in [2.75, 3.05) is 13.1 Å². The lowest BCUT2D eigenvalue weighted by Crippen LogP contribution is -2.39. The molecule has 1 atom stereocenters. The number of halogens is 3. The van der Waals surface area contributed by atoms with Crippen LogP contribution in [-0.2, 0) is 11.2 Å². The maximum atomic E-state index is 13.3. The number of rotatable bonds is 6. The van der Waals surface area contributed by atoms with E-state index < -0.39 is 11.8 Å². The van der Waals surface area contributed by atoms with Crippen molar-refractivity contribution in [2.24, 2.45) is 16.6 Å². The zero-order chi connectivity index (χ0) is 25.3. The average molecular weight is 509 g/mol. The molecule has 1 amide bonds. The molecule has 0 radical (unpaired) electrons. The SMILES string of the molecule is NC=Nc1ccc(Cl)cc1-c1ccc(Cc2cccc(C3CCN(C(=O)C4CC4(F)F)CC3)c2)nc1. The minimum Gasteiger partial charge on any atom is -0.390 e. The van der Waals surface area contributed by atoms with Crippen LogP contribution in [0.3, 0.4) is 0 Å². The molecule has 5 rings (SSSR count). The monoisotopic (exact) mass is 508 g/mol. The third-order valence-corrected chi connectivity index (χ3v) is 7.28. The van der Waals surface area contributed by atoms with Crippen LogP contribution in [-0.4, -0.2) is 41.1 Å². The summed E-state index contributed by atoms with van der Waals surface area (Å²) in [5, 5.41) is 0.613. The summed E-state index contributed by atoms with van der Waals surface area (Å²) in [6.45, 7) is 1.06. The number of aliphatic imine (C=N–C) groups is 1. The van der Waals surface area contributed by atoms with Crippen molar-refractivity contribution >= 4 is 29.5 Å². The molecule has 0 bridgehead atoms. The van der Waals surface area contributed by atoms with E-state index in [2.05, 4.69) is 28.2 Å². The van der Waals surface area contributed by atoms with Gasteiger partial charge in [0.2, 0.25) is 5.91 Å². The molecule has 2 aliphatic rings. The van der Waals surface area contributed by atoms with Gasteiger partial charge in [-0.05, 0) is 54.2 Å². The third-order valence-electron chi connectivity index (χ3n) is 7.05. The van der Waals surface area contributed by atoms with Crippen molar-refractivity contribution in [2.45, 2.75) is 37.5 Å². The van der Waals surface area contributed by atoms with E-state index >= 15 is 0 Å². The standard InChI is InChI=1S/C28H27ClF2N4O/c29-22-5-7-26(34-17-32)24(14-22)21-4-6-23(33-16-21)13-18-2-1-3-20(12-18)19-8-10-35(11-9-19)27(36)25-15-28(25,30)31/h1-7,12,14,16-17,19,25H,8-11,13,15H2,(H2,32,34). The van der Waals surface area contributed by atoms with Crippen molar-refractivity contribution in [1.82, 2.24) is 9.88 Å². The minimum atomic E-state index is -2.80. The number of nitrogens with zero attached hydrogens (tertiary/aromatic N) is 3. The molecule has 1 aliphatic heterocycles. The largest absolute Gasteiger partial charge is 0.390 e. The predicted octanol–water partition coefficient (Wildman–Crippen LogP) is 5.97. The Kier molecular flexibility index (Phi) is 6.75. The van der Waals surface area contributed by atoms with E-state index in [1.165, 1.54) is 11.9 Å². The van der Waals surface area contributed by atoms with Gasteiger partial charge in [0.25, 0.3) is 5.92 Å². The van der Waals surface area contributed by atoms with Gasteiger partial charge in [-0.25, -0.2) is 13.8 Å². The summed E-state index contributed by atoms with van der Waals surface area (Å²) < 4.78 is 26.5. The fourth-order valence-corrected chi connectivity index (χ4v) is 5.09. The van der Waals surface area contributed by atoms with Crippen LogP contribution in [0.2, 0.25) is 5.02 Å². The Balaban J connectivity index is 1.23. The van der Waals surface area contributed by atoms with E-state index in [4.69, 9.17) is 17.3 Å². The molecule has 0 spiro atoms. The lowest BCUT2D eigenvalue weighted by atomic mass is 9.88. The summed E-state index contributed by atoms with van der Waals surface area (Å²) in [5.41, 5.74) is 11.3. The molecule has 1 saturated heterocycles. The fraction of sp³-hybridized carbons (Fsp3) is 0.321. The minimum absolute atomic E-state index is 0.301. The van der Waals surface area contributed by atoms with Gasteiger partial charge in [0.15, 0.2) is 0 Å². The maximum Gasteiger partial charge on any atom is 0.260 e. The second-order valence-corrected chi connectivity index (χ2v) is 9.95. The number of aromatic nitrogens is 1. The second-order valence-electron chi connectivity index (χ2n) is 9.52. The Morgan fingerprint density at radius 2 is 1.94 bits per heavy atom. The topological polar surface area (TPSA) is 71.6 Å². The number of benzene rings is 2. The van der Waals surface area contributed by atoms with Crippen molar-refractivity contribution in [3.63, 3.8) is 0 Å². The highest BCUT2D eigenvalue weighted by Gasteiger charge is 2.62. The Hall–Kier alpha value is -3.32. The summed E-state index contributed by atoms with van der Waals surface area (Å²) in [5.74, 6) is -3.98. The summed E-state index contributed by atoms with van der Waals surface area (Å²) in [6, 6.07) is 17.9. The molecular formula is C28H27ClF2N4O. The molecule has 3 aromatic rings. The van der Waals surface area contributed by atoms with Gasteiger partial charge in [0.1, 0.15) is 5.92 Å². The number of likely N-dealkylation sites (tertiary alicyclic amines) is 1. The van der Waals surface area contributed by atoms with Crippen LogP contribution in [0.15, 0.2) is 65.8 Å². The van der Waals surface area contributed by atoms with Gasteiger partial charge < -0.3 is 10.6 Å². The van der Waals surface area contributed by atoms with Crippen LogP contribution >= 0.6 is 11.6 Å². The molecule has 1 saturated carbocycles. The number of carbonyl (C=O) groups excluding carboxylic acids is 1. The van der Waals surface area contributed by atoms with Crippen LogP contribution < -0.4 is 5.73 Å². The average Bonchev–Trinajstić information content (AvgIpc) is 3.53. The number of hydrogen-bond acceptors (Lipinski definition) is 3. The van der Waals surface area contributed by atoms with E-state index in [9.17, 15) is 13.6 Å². The molecule has 2 heterocycles. The first-order chi connectivity index (χ1) is 17.3. The van der Waals surface area contributed by atoms with Gasteiger partial charge in [-0.1, -0.05) is 41.9 Å². The maximum absolute atomic E-state index is 13.3. The van der Waals surface area contributed by atoms with Gasteiger partial charge in [-0.2, -0.15) is 0 Å². The highest BCUT2D eigenvalue weighted by atomic mass is 35.5. The van der Waals surface area contributed by atoms with Gasteiger partial charge in [0.05, 0.1) is 12.0 Å². The van der Waals surface area contributed by atoms with E-state index in [1.807, 2.05) is 36.5 Å². The summed E-state index contributed by atoms with van der Waals surface area (Å²) in [4.78, 5) is 22.8. The number of nitrogens with two attached hydrogens (primary N) is 1. The third kappa shape index (κ3) is 5.26. The Morgan fingerprint density at radius 3 is 2.61 bits per heavy atom. The zero-order valence-electron chi connectivity index (χ0n) is 19.7. The number of hydrogen-bond donors (Lipinski definition) is 1. The van der Waals surface area contributed by atoms with Crippen molar-refractivity contribution < 1.29 is 13.6 Å². The van der Waals surface area contributed by atoms with E-state index in [0.717, 1.165) is 40.9 Å². The predicted molar refractivity (Wildman–Crippen MR) is 138 cm³/mol. The molecule has 2 N–H and O–H groups in total. The molecule has 2 aromatic carbocycles. The van der Waals surface area contributed by atoms with E-state index in [-0.39, 0.29) is 12.3 Å². The van der Waals surface area contributed by atoms with Crippen molar-refractivity contribution in [1.29, 1.82) is 0 Å². The number of amides is 1. The molecule has 1 aliphatic carbocycles. The lowest BCUT2D eigenvalue weighted by Gasteiger charge is -2.32. The Bertz CT molecular complexity index is 1290. The summed E-state index contributed by atoms with van der Waals surface area (Å²) in [6.07, 6.45) is 5.03. The first kappa shape index (κ1) is 24.4. The molecule has 8 heteroatoms. The molecular weight excluding hydrogens is 482 g/mol. The first-order valence-corrected chi connectivity index (χ1v) is 12.5. The normalized spacial score (nSPS) is 19.5. The van der Waals surface area contributed by atoms with Gasteiger partial charge in [0, 0.05) is 54.0 Å². The molecule has 1 unspecified atom stereocenters. The summed E-state index contributed by atoms with van der Waals surface area (Å²) >= 11 is 6.18. The number of piperidine rings is 1. The van der Waals surface area contributed by atoms with Gasteiger partial charge in [-0.3, -0.25) is 9.78 Å². The van der Waals surface area contributed by atoms with Crippen LogP contribution in [0.25, 0.3) is 11.1 Å². The van der Waals surface area contributed by atoms with E-state index in [0.29, 0.717) is 30.5 Å². The molecule has 2 fully saturated rings. The first-order valence-electron chi connectivity index (χ1n) is 12.1. The van der Waals surface area contributed by atoms with Crippen LogP contribution in [0.4, 0.5) is 14.5 Å². The van der Waals surface area contributed by atoms with Crippen LogP contribution in [0.5, 0.6) is 0 Å². The smallest absolute Gasteiger partial charge is 0.260 e. The number of alkyl halides is 2. The molecule has 186 valence electrons. The molecule has 5 nitrogen and oxygen atoms in total. The van der Waals surface area contributed by atoms with Gasteiger partial charge in [-0.15, -0.1) is 0 Å². The zero-order valence-corrected chi connectivity index (χ0v) is 20.5. The molecule has 1 aromatic heterocycles. The second kappa shape index (κ2) is 9.97. The van der Waals surface area contributed by atoms with Crippen molar-refractivity contribution in [3.05, 3.63) is 82.6 Å². The highest BCUT2D eigenvalue weighted by molar-refractivity contribution is 6.31. The number of carbonyl (C=O) groups is 1. The van der Waals surface area contributed by atoms with E-state index in [1.54, 1.807) is 11.0 Å².